The molecule has 0 bridgehead atoms. The van der Waals surface area contributed by atoms with Gasteiger partial charge in [-0.1, -0.05) is 0 Å². The number of aryl methyl sites for hydroxylation is 1. The molecule has 0 fully saturated rings. The second-order valence-corrected chi connectivity index (χ2v) is 7.85. The fraction of sp³-hybridized carbons (Fsp3) is 0.692. The molecule has 17 heavy (non-hydrogen) atoms. The van der Waals surface area contributed by atoms with Gasteiger partial charge in [-0.3, -0.25) is 0 Å². The lowest BCUT2D eigenvalue weighted by Gasteiger charge is -2.23. The van der Waals surface area contributed by atoms with Crippen LogP contribution in [0.4, 0.5) is 0 Å². The number of hydrogen-bond donors (Lipinski definition) is 2. The predicted molar refractivity (Wildman–Crippen MR) is 81.6 cm³/mol. The zero-order valence-corrected chi connectivity index (χ0v) is 13.2. The van der Waals surface area contributed by atoms with Crippen molar-refractivity contribution in [2.45, 2.75) is 51.2 Å². The summed E-state index contributed by atoms with van der Waals surface area (Å²) in [7, 11) is 0. The first-order valence-electron chi connectivity index (χ1n) is 6.36. The van der Waals surface area contributed by atoms with Gasteiger partial charge in [0.05, 0.1) is 8.99 Å². The molecule has 1 aliphatic rings. The average Bonchev–Trinajstić information content (AvgIpc) is 2.65. The van der Waals surface area contributed by atoms with Crippen LogP contribution in [0.5, 0.6) is 0 Å². The Morgan fingerprint density at radius 2 is 2.47 bits per heavy atom. The minimum atomic E-state index is -0.166. The maximum absolute atomic E-state index is 9.22. The highest BCUT2D eigenvalue weighted by atomic mass is 127. The lowest BCUT2D eigenvalue weighted by atomic mass is 9.94. The van der Waals surface area contributed by atoms with E-state index in [1.54, 1.807) is 4.88 Å². The summed E-state index contributed by atoms with van der Waals surface area (Å²) < 4.78 is 1.41. The summed E-state index contributed by atoms with van der Waals surface area (Å²) in [6.07, 6.45) is 5.61. The minimum absolute atomic E-state index is 0.166. The Labute approximate surface area is 121 Å². The molecule has 2 rings (SSSR count). The Balaban J connectivity index is 1.86. The molecule has 1 aromatic heterocycles. The number of fused-ring (bicyclic) bond motifs is 1. The van der Waals surface area contributed by atoms with Crippen molar-refractivity contribution in [3.8, 4) is 0 Å². The van der Waals surface area contributed by atoms with Gasteiger partial charge in [-0.2, -0.15) is 0 Å². The van der Waals surface area contributed by atoms with E-state index in [0.29, 0.717) is 6.04 Å². The third-order valence-corrected chi connectivity index (χ3v) is 5.24. The summed E-state index contributed by atoms with van der Waals surface area (Å²) in [6, 6.07) is 2.89. The number of aliphatic hydroxyl groups is 1. The first-order valence-corrected chi connectivity index (χ1v) is 8.26. The Morgan fingerprint density at radius 1 is 1.65 bits per heavy atom. The second-order valence-electron chi connectivity index (χ2n) is 4.82. The molecule has 0 saturated heterocycles. The molecule has 0 spiro atoms. The Morgan fingerprint density at radius 3 is 3.24 bits per heavy atom. The number of aliphatic hydroxyl groups excluding tert-OH is 1. The van der Waals surface area contributed by atoms with Crippen molar-refractivity contribution < 1.29 is 5.11 Å². The van der Waals surface area contributed by atoms with Crippen molar-refractivity contribution in [2.24, 2.45) is 0 Å². The van der Waals surface area contributed by atoms with Gasteiger partial charge < -0.3 is 10.4 Å². The van der Waals surface area contributed by atoms with E-state index < -0.39 is 0 Å². The molecule has 2 atom stereocenters. The molecule has 1 heterocycles. The van der Waals surface area contributed by atoms with Gasteiger partial charge in [-0.25, -0.2) is 0 Å². The van der Waals surface area contributed by atoms with Gasteiger partial charge in [0.25, 0.3) is 0 Å². The summed E-state index contributed by atoms with van der Waals surface area (Å²) >= 11 is 4.37. The number of thiophene rings is 1. The zero-order chi connectivity index (χ0) is 12.3. The summed E-state index contributed by atoms with van der Waals surface area (Å²) in [5.74, 6) is 0. The van der Waals surface area contributed by atoms with Gasteiger partial charge in [0.2, 0.25) is 0 Å². The third-order valence-electron chi connectivity index (χ3n) is 3.27. The van der Waals surface area contributed by atoms with E-state index in [2.05, 4.69) is 34.0 Å². The molecule has 4 heteroatoms. The monoisotopic (exact) mass is 365 g/mol. The highest BCUT2D eigenvalue weighted by Crippen LogP contribution is 2.36. The minimum Gasteiger partial charge on any atom is -0.393 e. The third kappa shape index (κ3) is 3.91. The van der Waals surface area contributed by atoms with Crippen LogP contribution in [0.15, 0.2) is 6.07 Å². The number of halogens is 1. The van der Waals surface area contributed by atoms with Crippen LogP contribution in [0.2, 0.25) is 0 Å². The fourth-order valence-corrected chi connectivity index (χ4v) is 4.53. The van der Waals surface area contributed by atoms with E-state index in [-0.39, 0.29) is 6.10 Å². The Bertz CT molecular complexity index is 364. The molecular weight excluding hydrogens is 345 g/mol. The predicted octanol–water partition coefficient (Wildman–Crippen LogP) is 3.48. The molecule has 0 aliphatic heterocycles. The molecule has 96 valence electrons. The summed E-state index contributed by atoms with van der Waals surface area (Å²) in [4.78, 5) is 1.58. The van der Waals surface area contributed by atoms with E-state index in [0.717, 1.165) is 19.4 Å². The standard InChI is InChI=1S/C13H20INOS/c1-9(16)4-3-7-15-11-5-2-6-12-10(11)8-13(14)17-12/h8-9,11,15-16H,2-7H2,1H3. The van der Waals surface area contributed by atoms with E-state index in [4.69, 9.17) is 0 Å². The lowest BCUT2D eigenvalue weighted by molar-refractivity contribution is 0.180. The smallest absolute Gasteiger partial charge is 0.0659 e. The largest absolute Gasteiger partial charge is 0.393 e. The molecule has 2 unspecified atom stereocenters. The molecule has 0 saturated carbocycles. The molecule has 2 N–H and O–H groups in total. The Hall–Kier alpha value is 0.350. The van der Waals surface area contributed by atoms with Crippen LogP contribution in [0.3, 0.4) is 0 Å². The SMILES string of the molecule is CC(O)CCCNC1CCCc2sc(I)cc21. The molecule has 1 aliphatic carbocycles. The van der Waals surface area contributed by atoms with Gasteiger partial charge in [0.15, 0.2) is 0 Å². The molecule has 2 nitrogen and oxygen atoms in total. The number of rotatable bonds is 5. The van der Waals surface area contributed by atoms with Crippen molar-refractivity contribution in [1.82, 2.24) is 5.32 Å². The fourth-order valence-electron chi connectivity index (χ4n) is 2.41. The second kappa shape index (κ2) is 6.50. The Kier molecular flexibility index (Phi) is 5.26. The van der Waals surface area contributed by atoms with E-state index in [1.165, 1.54) is 27.7 Å². The molecular formula is C13H20INOS. The van der Waals surface area contributed by atoms with Gasteiger partial charge >= 0.3 is 0 Å². The van der Waals surface area contributed by atoms with E-state index in [1.807, 2.05) is 18.3 Å². The zero-order valence-electron chi connectivity index (χ0n) is 10.2. The molecule has 0 radical (unpaired) electrons. The van der Waals surface area contributed by atoms with E-state index in [9.17, 15) is 5.11 Å². The maximum atomic E-state index is 9.22. The average molecular weight is 365 g/mol. The molecule has 0 aromatic carbocycles. The molecule has 1 aromatic rings. The van der Waals surface area contributed by atoms with Gasteiger partial charge in [-0.15, -0.1) is 11.3 Å². The summed E-state index contributed by atoms with van der Waals surface area (Å²) in [6.45, 7) is 2.88. The van der Waals surface area contributed by atoms with Gasteiger partial charge in [-0.05, 0) is 79.8 Å². The van der Waals surface area contributed by atoms with Crippen molar-refractivity contribution in [2.75, 3.05) is 6.54 Å². The number of hydrogen-bond acceptors (Lipinski definition) is 3. The molecule has 0 amide bonds. The van der Waals surface area contributed by atoms with Gasteiger partial charge in [0, 0.05) is 10.9 Å². The van der Waals surface area contributed by atoms with Crippen LogP contribution in [-0.2, 0) is 6.42 Å². The van der Waals surface area contributed by atoms with Crippen molar-refractivity contribution in [3.63, 3.8) is 0 Å². The lowest BCUT2D eigenvalue weighted by Crippen LogP contribution is -2.25. The highest BCUT2D eigenvalue weighted by molar-refractivity contribution is 14.1. The van der Waals surface area contributed by atoms with Crippen LogP contribution in [0, 0.1) is 2.88 Å². The van der Waals surface area contributed by atoms with Crippen molar-refractivity contribution in [1.29, 1.82) is 0 Å². The maximum Gasteiger partial charge on any atom is 0.0659 e. The first kappa shape index (κ1) is 13.8. The topological polar surface area (TPSA) is 32.3 Å². The number of nitrogens with one attached hydrogen (secondary N) is 1. The highest BCUT2D eigenvalue weighted by Gasteiger charge is 2.21. The van der Waals surface area contributed by atoms with Gasteiger partial charge in [0.1, 0.15) is 0 Å². The van der Waals surface area contributed by atoms with Crippen LogP contribution in [-0.4, -0.2) is 17.8 Å². The van der Waals surface area contributed by atoms with Crippen LogP contribution in [0.25, 0.3) is 0 Å². The quantitative estimate of drug-likeness (QED) is 0.619. The van der Waals surface area contributed by atoms with Crippen LogP contribution in [0.1, 0.15) is 49.1 Å². The van der Waals surface area contributed by atoms with Crippen molar-refractivity contribution >= 4 is 33.9 Å². The summed E-state index contributed by atoms with van der Waals surface area (Å²) in [5, 5.41) is 12.9. The first-order chi connectivity index (χ1) is 8.16. The van der Waals surface area contributed by atoms with Crippen molar-refractivity contribution in [3.05, 3.63) is 19.4 Å². The van der Waals surface area contributed by atoms with Crippen LogP contribution < -0.4 is 5.32 Å². The summed E-state index contributed by atoms with van der Waals surface area (Å²) in [5.41, 5.74) is 1.53. The van der Waals surface area contributed by atoms with E-state index >= 15 is 0 Å². The van der Waals surface area contributed by atoms with Crippen LogP contribution >= 0.6 is 33.9 Å². The normalized spacial score (nSPS) is 21.2.